The molecule has 0 unspecified atom stereocenters. The van der Waals surface area contributed by atoms with Crippen molar-refractivity contribution in [3.8, 4) is 11.8 Å². The normalized spacial score (nSPS) is 17.4. The van der Waals surface area contributed by atoms with Crippen molar-refractivity contribution in [1.82, 2.24) is 9.47 Å². The number of carbonyl (C=O) groups is 1. The van der Waals surface area contributed by atoms with E-state index in [-0.39, 0.29) is 17.0 Å². The summed E-state index contributed by atoms with van der Waals surface area (Å²) in [6.07, 6.45) is 1.76. The zero-order chi connectivity index (χ0) is 24.4. The number of anilines is 1. The van der Waals surface area contributed by atoms with Crippen molar-refractivity contribution in [2.45, 2.75) is 13.5 Å². The first-order valence-corrected chi connectivity index (χ1v) is 11.9. The highest BCUT2D eigenvalue weighted by Crippen LogP contribution is 2.36. The van der Waals surface area contributed by atoms with Crippen LogP contribution < -0.4 is 15.2 Å². The third kappa shape index (κ3) is 4.46. The minimum atomic E-state index is -0.356. The molecule has 1 aromatic carbocycles. The second kappa shape index (κ2) is 10.0. The summed E-state index contributed by atoms with van der Waals surface area (Å²) in [5, 5.41) is 9.62. The highest BCUT2D eigenvalue weighted by molar-refractivity contribution is 8.26. The second-order valence-corrected chi connectivity index (χ2v) is 9.60. The van der Waals surface area contributed by atoms with E-state index in [4.69, 9.17) is 21.7 Å². The molecule has 2 aliphatic rings. The summed E-state index contributed by atoms with van der Waals surface area (Å²) in [7, 11) is 3.26. The van der Waals surface area contributed by atoms with Crippen molar-refractivity contribution in [2.75, 3.05) is 38.3 Å². The molecule has 176 valence electrons. The first-order valence-electron chi connectivity index (χ1n) is 10.7. The van der Waals surface area contributed by atoms with Gasteiger partial charge in [-0.2, -0.15) is 5.26 Å². The van der Waals surface area contributed by atoms with Crippen LogP contribution in [-0.2, 0) is 23.1 Å². The van der Waals surface area contributed by atoms with Gasteiger partial charge < -0.3 is 14.4 Å². The molecule has 10 heteroatoms. The van der Waals surface area contributed by atoms with E-state index in [9.17, 15) is 14.9 Å². The number of amides is 1. The third-order valence-corrected chi connectivity index (χ3v) is 7.31. The maximum absolute atomic E-state index is 13.3. The van der Waals surface area contributed by atoms with Gasteiger partial charge in [0.1, 0.15) is 27.5 Å². The first-order chi connectivity index (χ1) is 16.3. The number of nitrogens with zero attached hydrogens (tertiary/aromatic N) is 4. The molecule has 4 rings (SSSR count). The van der Waals surface area contributed by atoms with Crippen LogP contribution in [0.15, 0.2) is 34.0 Å². The van der Waals surface area contributed by atoms with Crippen molar-refractivity contribution >= 4 is 46.1 Å². The van der Waals surface area contributed by atoms with Gasteiger partial charge in [0.15, 0.2) is 0 Å². The van der Waals surface area contributed by atoms with Gasteiger partial charge in [-0.3, -0.25) is 19.1 Å². The number of nitriles is 1. The Morgan fingerprint density at radius 2 is 1.91 bits per heavy atom. The van der Waals surface area contributed by atoms with Crippen LogP contribution >= 0.6 is 24.0 Å². The zero-order valence-electron chi connectivity index (χ0n) is 19.2. The van der Waals surface area contributed by atoms with Crippen molar-refractivity contribution < 1.29 is 14.3 Å². The number of morpholine rings is 1. The molecule has 2 aromatic rings. The van der Waals surface area contributed by atoms with E-state index in [0.717, 1.165) is 11.3 Å². The molecular weight excluding hydrogens is 472 g/mol. The number of thiocarbonyl (C=S) groups is 1. The highest BCUT2D eigenvalue weighted by Gasteiger charge is 2.33. The molecule has 0 saturated carbocycles. The summed E-state index contributed by atoms with van der Waals surface area (Å²) in [6, 6.07) is 9.50. The van der Waals surface area contributed by atoms with Gasteiger partial charge in [-0.1, -0.05) is 36.1 Å². The van der Waals surface area contributed by atoms with E-state index in [1.807, 2.05) is 30.3 Å². The van der Waals surface area contributed by atoms with Gasteiger partial charge >= 0.3 is 0 Å². The van der Waals surface area contributed by atoms with Crippen molar-refractivity contribution in [1.29, 1.82) is 5.26 Å². The summed E-state index contributed by atoms with van der Waals surface area (Å²) in [4.78, 5) is 30.2. The molecule has 0 aliphatic carbocycles. The Labute approximate surface area is 207 Å². The highest BCUT2D eigenvalue weighted by atomic mass is 32.2. The number of benzene rings is 1. The van der Waals surface area contributed by atoms with Crippen molar-refractivity contribution in [2.24, 2.45) is 7.05 Å². The summed E-state index contributed by atoms with van der Waals surface area (Å²) in [6.45, 7) is 4.38. The van der Waals surface area contributed by atoms with Crippen LogP contribution in [0.2, 0.25) is 0 Å². The lowest BCUT2D eigenvalue weighted by Crippen LogP contribution is -2.40. The fourth-order valence-electron chi connectivity index (χ4n) is 4.05. The number of ether oxygens (including phenoxy) is 2. The van der Waals surface area contributed by atoms with E-state index >= 15 is 0 Å². The first kappa shape index (κ1) is 24.0. The summed E-state index contributed by atoms with van der Waals surface area (Å²) >= 11 is 6.73. The van der Waals surface area contributed by atoms with E-state index in [0.29, 0.717) is 59.0 Å². The fourth-order valence-corrected chi connectivity index (χ4v) is 5.29. The number of pyridine rings is 1. The largest absolute Gasteiger partial charge is 0.497 e. The minimum absolute atomic E-state index is 0.0690. The average molecular weight is 497 g/mol. The van der Waals surface area contributed by atoms with Gasteiger partial charge in [0.2, 0.25) is 0 Å². The third-order valence-electron chi connectivity index (χ3n) is 5.93. The molecule has 0 N–H and O–H groups in total. The van der Waals surface area contributed by atoms with Crippen LogP contribution in [0.4, 0.5) is 5.82 Å². The minimum Gasteiger partial charge on any atom is -0.497 e. The standard InChI is InChI=1S/C24H24N4O4S2/c1-15-18(21(27-8-10-32-11-9-27)26(2)22(29)19(15)13-25)12-20-23(30)28(24(33)34-20)14-16-4-6-17(31-3)7-5-16/h4-7,12H,8-11,14H2,1-3H3. The van der Waals surface area contributed by atoms with Gasteiger partial charge in [0.25, 0.3) is 11.5 Å². The fraction of sp³-hybridized carbons (Fsp3) is 0.333. The smallest absolute Gasteiger partial charge is 0.270 e. The lowest BCUT2D eigenvalue weighted by Gasteiger charge is -2.32. The number of methoxy groups -OCH3 is 1. The quantitative estimate of drug-likeness (QED) is 0.461. The van der Waals surface area contributed by atoms with Gasteiger partial charge in [0.05, 0.1) is 31.8 Å². The Morgan fingerprint density at radius 3 is 2.53 bits per heavy atom. The summed E-state index contributed by atoms with van der Waals surface area (Å²) in [5.74, 6) is 1.21. The number of aromatic nitrogens is 1. The van der Waals surface area contributed by atoms with Crippen LogP contribution in [0.5, 0.6) is 5.75 Å². The maximum Gasteiger partial charge on any atom is 0.270 e. The number of hydrogen-bond donors (Lipinski definition) is 0. The molecule has 2 aliphatic heterocycles. The molecule has 8 nitrogen and oxygen atoms in total. The summed E-state index contributed by atoms with van der Waals surface area (Å²) in [5.41, 5.74) is 1.86. The zero-order valence-corrected chi connectivity index (χ0v) is 20.8. The molecule has 1 amide bonds. The lowest BCUT2D eigenvalue weighted by molar-refractivity contribution is -0.122. The maximum atomic E-state index is 13.3. The molecule has 2 fully saturated rings. The molecule has 0 bridgehead atoms. The monoisotopic (exact) mass is 496 g/mol. The Kier molecular flexibility index (Phi) is 7.07. The van der Waals surface area contributed by atoms with Crippen molar-refractivity contribution in [3.05, 3.63) is 61.8 Å². The molecule has 1 aromatic heterocycles. The topological polar surface area (TPSA) is 87.8 Å². The van der Waals surface area contributed by atoms with Gasteiger partial charge in [-0.05, 0) is 36.3 Å². The van der Waals surface area contributed by atoms with Gasteiger partial charge in [-0.25, -0.2) is 0 Å². The van der Waals surface area contributed by atoms with E-state index in [1.165, 1.54) is 16.3 Å². The molecule has 0 atom stereocenters. The van der Waals surface area contributed by atoms with E-state index in [1.54, 1.807) is 32.1 Å². The van der Waals surface area contributed by atoms with Crippen LogP contribution in [0.3, 0.4) is 0 Å². The lowest BCUT2D eigenvalue weighted by atomic mass is 10.0. The number of thioether (sulfide) groups is 1. The molecule has 0 radical (unpaired) electrons. The van der Waals surface area contributed by atoms with Crippen molar-refractivity contribution in [3.63, 3.8) is 0 Å². The van der Waals surface area contributed by atoms with Gasteiger partial charge in [-0.15, -0.1) is 0 Å². The van der Waals surface area contributed by atoms with Gasteiger partial charge in [0, 0.05) is 25.7 Å². The van der Waals surface area contributed by atoms with E-state index < -0.39 is 0 Å². The van der Waals surface area contributed by atoms with Crippen LogP contribution in [0.25, 0.3) is 6.08 Å². The predicted molar refractivity (Wildman–Crippen MR) is 136 cm³/mol. The second-order valence-electron chi connectivity index (χ2n) is 7.93. The summed E-state index contributed by atoms with van der Waals surface area (Å²) < 4.78 is 12.6. The molecule has 3 heterocycles. The molecule has 0 spiro atoms. The number of hydrogen-bond acceptors (Lipinski definition) is 8. The SMILES string of the molecule is COc1ccc(CN2C(=O)C(=Cc3c(C)c(C#N)c(=O)n(C)c3N3CCOCC3)SC2=S)cc1. The number of rotatable bonds is 5. The van der Waals surface area contributed by atoms with Crippen LogP contribution in [0, 0.1) is 18.3 Å². The van der Waals surface area contributed by atoms with E-state index in [2.05, 4.69) is 4.90 Å². The van der Waals surface area contributed by atoms with Crippen LogP contribution in [-0.4, -0.2) is 53.1 Å². The molecular formula is C24H24N4O4S2. The predicted octanol–water partition coefficient (Wildman–Crippen LogP) is 2.81. The average Bonchev–Trinajstić information content (AvgIpc) is 3.11. The molecule has 2 saturated heterocycles. The Hall–Kier alpha value is -3.13. The van der Waals surface area contributed by atoms with Crippen LogP contribution in [0.1, 0.15) is 22.3 Å². The Bertz CT molecular complexity index is 1270. The Balaban J connectivity index is 1.73. The Morgan fingerprint density at radius 1 is 1.24 bits per heavy atom. The molecule has 34 heavy (non-hydrogen) atoms. The number of carbonyl (C=O) groups excluding carboxylic acids is 1.